The molecule has 2 amide bonds. The van der Waals surface area contributed by atoms with Gasteiger partial charge < -0.3 is 35.2 Å². The Bertz CT molecular complexity index is 1730. The molecule has 1 aromatic rings. The lowest BCUT2D eigenvalue weighted by Gasteiger charge is -2.53. The third-order valence-corrected chi connectivity index (χ3v) is 10.2. The molecule has 3 aliphatic rings. The first kappa shape index (κ1) is 40.5. The zero-order valence-corrected chi connectivity index (χ0v) is 32.4. The number of hydrogen-bond acceptors (Lipinski definition) is 12. The van der Waals surface area contributed by atoms with E-state index in [1.54, 1.807) is 64.8 Å². The van der Waals surface area contributed by atoms with Crippen molar-refractivity contribution in [3.63, 3.8) is 0 Å². The molecule has 1 fully saturated rings. The van der Waals surface area contributed by atoms with Gasteiger partial charge in [0.2, 0.25) is 6.29 Å². The molecule has 4 rings (SSSR count). The Hall–Kier alpha value is -4.30. The molecule has 14 heteroatoms. The van der Waals surface area contributed by atoms with Crippen LogP contribution in [0.3, 0.4) is 0 Å². The van der Waals surface area contributed by atoms with Crippen molar-refractivity contribution in [2.75, 3.05) is 39.6 Å². The Morgan fingerprint density at radius 2 is 1.62 bits per heavy atom. The number of amides is 2. The molecule has 0 bridgehead atoms. The summed E-state index contributed by atoms with van der Waals surface area (Å²) >= 11 is 0. The molecule has 6 atom stereocenters. The number of aromatic hydroxyl groups is 1. The van der Waals surface area contributed by atoms with Gasteiger partial charge in [-0.25, -0.2) is 4.79 Å². The number of aliphatic hydroxyl groups is 1. The third kappa shape index (κ3) is 7.19. The quantitative estimate of drug-likeness (QED) is 0.154. The van der Waals surface area contributed by atoms with E-state index in [1.807, 2.05) is 20.8 Å². The van der Waals surface area contributed by atoms with Crippen LogP contribution in [0, 0.1) is 28.6 Å². The van der Waals surface area contributed by atoms with E-state index in [1.165, 1.54) is 18.7 Å². The molecular weight excluding hydrogens is 672 g/mol. The van der Waals surface area contributed by atoms with Crippen molar-refractivity contribution in [1.82, 2.24) is 9.80 Å². The molecule has 0 saturated heterocycles. The number of carbonyl (C=O) groups is 6. The van der Waals surface area contributed by atoms with Gasteiger partial charge in [-0.3, -0.25) is 28.9 Å². The Morgan fingerprint density at radius 3 is 2.12 bits per heavy atom. The molecule has 52 heavy (non-hydrogen) atoms. The molecule has 0 heterocycles. The summed E-state index contributed by atoms with van der Waals surface area (Å²) < 4.78 is 10.8. The van der Waals surface area contributed by atoms with Gasteiger partial charge in [0.1, 0.15) is 5.75 Å². The number of ketones is 3. The number of ether oxygens (including phenoxy) is 2. The van der Waals surface area contributed by atoms with E-state index >= 15 is 0 Å². The highest BCUT2D eigenvalue weighted by atomic mass is 16.7. The van der Waals surface area contributed by atoms with Crippen molar-refractivity contribution in [2.45, 2.75) is 92.7 Å². The third-order valence-electron chi connectivity index (χ3n) is 10.2. The molecular formula is C38H54N4O10. The van der Waals surface area contributed by atoms with Gasteiger partial charge in [0.05, 0.1) is 35.1 Å². The highest BCUT2D eigenvalue weighted by molar-refractivity contribution is 6.25. The summed E-state index contributed by atoms with van der Waals surface area (Å²) in [4.78, 5) is 85.7. The van der Waals surface area contributed by atoms with Gasteiger partial charge in [0.25, 0.3) is 5.91 Å². The van der Waals surface area contributed by atoms with Crippen molar-refractivity contribution < 1.29 is 48.5 Å². The van der Waals surface area contributed by atoms with Crippen LogP contribution >= 0.6 is 0 Å². The van der Waals surface area contributed by atoms with Crippen LogP contribution in [-0.2, 0) is 41.6 Å². The van der Waals surface area contributed by atoms with E-state index in [2.05, 4.69) is 0 Å². The summed E-state index contributed by atoms with van der Waals surface area (Å²) in [5.41, 5.74) is 2.53. The number of Topliss-reactive ketones (excluding diaryl/α,β-unsaturated/α-hetero) is 3. The standard InChI is InChI=1S/C38H54N4O10/c1-18-25(33(39)47)31(45)28(41(11)12)23-14-20-13-22-24(40(9)10)15-21(29(43)27(22)30(44)26(20)32(46)38(18,23)50)16-42(17-36(3,4)5)35(49)52-19(2)51-34(48)37(6,7)8/h15,19-20,23,26,28,43,50H,13-14,16-17H2,1-12H3,(H2,39,47)/t19?,20-,23-,26?,28-,38-/m0/s1. The smallest absolute Gasteiger partial charge is 0.413 e. The summed E-state index contributed by atoms with van der Waals surface area (Å²) in [7, 11) is 6.76. The molecule has 3 aliphatic carbocycles. The number of carbonyl (C=O) groups excluding carboxylic acids is 6. The van der Waals surface area contributed by atoms with Crippen LogP contribution in [0.2, 0.25) is 0 Å². The number of likely N-dealkylation sites (N-methyl/N-ethyl adjacent to an activating group) is 1. The second-order valence-corrected chi connectivity index (χ2v) is 17.1. The van der Waals surface area contributed by atoms with E-state index in [0.717, 1.165) is 0 Å². The Kier molecular flexibility index (Phi) is 10.8. The summed E-state index contributed by atoms with van der Waals surface area (Å²) in [5, 5.41) is 24.0. The zero-order valence-electron chi connectivity index (χ0n) is 32.4. The van der Waals surface area contributed by atoms with Gasteiger partial charge in [-0.1, -0.05) is 20.8 Å². The maximum atomic E-state index is 14.6. The molecule has 4 N–H and O–H groups in total. The van der Waals surface area contributed by atoms with Gasteiger partial charge in [-0.2, -0.15) is 0 Å². The number of nitrogens with zero attached hydrogens (tertiary/aromatic N) is 3. The molecule has 1 aromatic carbocycles. The number of phenols is 1. The number of nitrogens with two attached hydrogens (primary N) is 1. The van der Waals surface area contributed by atoms with Crippen molar-refractivity contribution in [3.8, 4) is 5.75 Å². The number of esters is 1. The lowest BCUT2D eigenvalue weighted by molar-refractivity contribution is -0.175. The van der Waals surface area contributed by atoms with Crippen LogP contribution in [-0.4, -0.2) is 108 Å². The van der Waals surface area contributed by atoms with E-state index in [9.17, 15) is 39.0 Å². The predicted molar refractivity (Wildman–Crippen MR) is 191 cm³/mol. The van der Waals surface area contributed by atoms with Gasteiger partial charge in [0, 0.05) is 44.7 Å². The highest BCUT2D eigenvalue weighted by Gasteiger charge is 2.64. The maximum Gasteiger partial charge on any atom is 0.413 e. The first-order valence-electron chi connectivity index (χ1n) is 17.5. The second-order valence-electron chi connectivity index (χ2n) is 17.1. The molecule has 0 spiro atoms. The van der Waals surface area contributed by atoms with Crippen molar-refractivity contribution in [3.05, 3.63) is 33.9 Å². The topological polar surface area (TPSA) is 197 Å². The number of phenolic OH excluding ortho intramolecular Hbond substituents is 1. The largest absolute Gasteiger partial charge is 0.507 e. The molecule has 0 aliphatic heterocycles. The predicted octanol–water partition coefficient (Wildman–Crippen LogP) is 2.98. The molecule has 2 unspecified atom stereocenters. The molecule has 286 valence electrons. The summed E-state index contributed by atoms with van der Waals surface area (Å²) in [6, 6.07) is 0.642. The van der Waals surface area contributed by atoms with Gasteiger partial charge in [0.15, 0.2) is 23.0 Å². The van der Waals surface area contributed by atoms with Crippen molar-refractivity contribution in [1.29, 1.82) is 0 Å². The Labute approximate surface area is 305 Å². The van der Waals surface area contributed by atoms with Crippen LogP contribution in [0.1, 0.15) is 83.3 Å². The minimum Gasteiger partial charge on any atom is -0.507 e. The number of fused-ring (bicyclic) bond motifs is 3. The number of primary amides is 1. The number of benzene rings is 1. The van der Waals surface area contributed by atoms with Crippen molar-refractivity contribution in [2.24, 2.45) is 34.3 Å². The van der Waals surface area contributed by atoms with Crippen LogP contribution in [0.15, 0.2) is 17.2 Å². The average Bonchev–Trinajstić information content (AvgIpc) is 2.98. The van der Waals surface area contributed by atoms with E-state index < -0.39 is 93.2 Å². The lowest BCUT2D eigenvalue weighted by Crippen LogP contribution is -2.67. The van der Waals surface area contributed by atoms with Gasteiger partial charge in [-0.05, 0) is 83.2 Å². The summed E-state index contributed by atoms with van der Waals surface area (Å²) in [6.45, 7) is 13.5. The van der Waals surface area contributed by atoms with E-state index in [-0.39, 0.29) is 42.6 Å². The number of anilines is 1. The first-order chi connectivity index (χ1) is 23.7. The van der Waals surface area contributed by atoms with E-state index in [4.69, 9.17) is 15.2 Å². The molecule has 1 saturated carbocycles. The first-order valence-corrected chi connectivity index (χ1v) is 17.5. The molecule has 0 aromatic heterocycles. The fraction of sp³-hybridized carbons (Fsp3) is 0.632. The van der Waals surface area contributed by atoms with Crippen LogP contribution in [0.4, 0.5) is 10.5 Å². The van der Waals surface area contributed by atoms with Crippen LogP contribution in [0.25, 0.3) is 0 Å². The minimum absolute atomic E-state index is 0.0952. The summed E-state index contributed by atoms with van der Waals surface area (Å²) in [5.74, 6) is -7.17. The molecule has 14 nitrogen and oxygen atoms in total. The second kappa shape index (κ2) is 13.9. The average molecular weight is 727 g/mol. The highest BCUT2D eigenvalue weighted by Crippen LogP contribution is 2.53. The Morgan fingerprint density at radius 1 is 1.02 bits per heavy atom. The SMILES string of the molecule is CC1=C(C(N)=O)C(=O)[C@@H](N(C)C)[C@@H]2C[C@@H]3Cc4c(N(C)C)cc(CN(CC(C)(C)C)C(=O)OC(C)OC(=O)C(C)(C)C)c(O)c4C(=O)C3C(=O)[C@]12O. The fourth-order valence-electron chi connectivity index (χ4n) is 7.92. The van der Waals surface area contributed by atoms with Crippen LogP contribution < -0.4 is 10.6 Å². The lowest BCUT2D eigenvalue weighted by atomic mass is 9.53. The normalized spacial score (nSPS) is 25.2. The fourth-order valence-corrected chi connectivity index (χ4v) is 7.92. The van der Waals surface area contributed by atoms with E-state index in [0.29, 0.717) is 11.3 Å². The zero-order chi connectivity index (χ0) is 39.6. The number of rotatable bonds is 8. The Balaban J connectivity index is 1.80. The van der Waals surface area contributed by atoms with Gasteiger partial charge in [-0.15, -0.1) is 0 Å². The monoisotopic (exact) mass is 726 g/mol. The maximum absolute atomic E-state index is 14.6. The van der Waals surface area contributed by atoms with Crippen molar-refractivity contribution >= 4 is 41.0 Å². The van der Waals surface area contributed by atoms with Gasteiger partial charge >= 0.3 is 12.1 Å². The minimum atomic E-state index is -2.33. The molecule has 0 radical (unpaired) electrons. The van der Waals surface area contributed by atoms with Crippen LogP contribution in [0.5, 0.6) is 5.75 Å². The number of hydrogen-bond donors (Lipinski definition) is 3. The summed E-state index contributed by atoms with van der Waals surface area (Å²) in [6.07, 6.45) is -1.74.